The van der Waals surface area contributed by atoms with Crippen molar-refractivity contribution in [1.82, 2.24) is 0 Å². The molecular weight excluding hydrogens is 334 g/mol. The van der Waals surface area contributed by atoms with Crippen molar-refractivity contribution >= 4 is 0 Å². The maximum absolute atomic E-state index is 12.5. The Morgan fingerprint density at radius 3 is 1.00 bits per heavy atom. The first-order valence-electron chi connectivity index (χ1n) is 6.85. The Bertz CT molecular complexity index is 612. The molecule has 0 aliphatic carbocycles. The summed E-state index contributed by atoms with van der Waals surface area (Å²) in [6.45, 7) is 0. The Morgan fingerprint density at radius 2 is 0.792 bits per heavy atom. The maximum atomic E-state index is 12.5. The standard InChI is InChI=1S/C16H14F6N2/c17-15(18,19)11-5-1-9(2-6-11)13(23)14(24)10-3-7-12(8-4-10)16(20,21)22/h1-8,13-14H,23-24H2. The van der Waals surface area contributed by atoms with Crippen LogP contribution < -0.4 is 11.5 Å². The summed E-state index contributed by atoms with van der Waals surface area (Å²) in [4.78, 5) is 0. The molecule has 0 bridgehead atoms. The van der Waals surface area contributed by atoms with E-state index in [0.29, 0.717) is 11.1 Å². The number of halogens is 6. The van der Waals surface area contributed by atoms with Gasteiger partial charge in [0.2, 0.25) is 0 Å². The molecule has 0 saturated carbocycles. The maximum Gasteiger partial charge on any atom is 0.416 e. The van der Waals surface area contributed by atoms with Crippen LogP contribution in [-0.4, -0.2) is 0 Å². The van der Waals surface area contributed by atoms with E-state index in [2.05, 4.69) is 0 Å². The van der Waals surface area contributed by atoms with Gasteiger partial charge in [-0.15, -0.1) is 0 Å². The molecule has 0 aliphatic rings. The lowest BCUT2D eigenvalue weighted by Crippen LogP contribution is -2.26. The Hall–Kier alpha value is -2.06. The molecule has 0 fully saturated rings. The second kappa shape index (κ2) is 6.45. The van der Waals surface area contributed by atoms with Crippen LogP contribution in [0.3, 0.4) is 0 Å². The molecule has 0 aliphatic heterocycles. The van der Waals surface area contributed by atoms with Gasteiger partial charge in [-0.05, 0) is 35.4 Å². The Labute approximate surface area is 134 Å². The van der Waals surface area contributed by atoms with Gasteiger partial charge in [0.1, 0.15) is 0 Å². The molecule has 2 aromatic rings. The first-order chi connectivity index (χ1) is 11.0. The van der Waals surface area contributed by atoms with Gasteiger partial charge in [0.15, 0.2) is 0 Å². The van der Waals surface area contributed by atoms with Gasteiger partial charge in [-0.25, -0.2) is 0 Å². The molecule has 0 amide bonds. The largest absolute Gasteiger partial charge is 0.416 e. The van der Waals surface area contributed by atoms with Gasteiger partial charge in [-0.1, -0.05) is 24.3 Å². The van der Waals surface area contributed by atoms with Crippen molar-refractivity contribution in [2.24, 2.45) is 11.5 Å². The topological polar surface area (TPSA) is 52.0 Å². The first-order valence-corrected chi connectivity index (χ1v) is 6.85. The molecule has 2 rings (SSSR count). The Morgan fingerprint density at radius 1 is 0.542 bits per heavy atom. The highest BCUT2D eigenvalue weighted by Gasteiger charge is 2.31. The zero-order chi connectivity index (χ0) is 18.1. The molecule has 8 heteroatoms. The third-order valence-electron chi connectivity index (χ3n) is 3.63. The van der Waals surface area contributed by atoms with E-state index >= 15 is 0 Å². The monoisotopic (exact) mass is 348 g/mol. The van der Waals surface area contributed by atoms with Gasteiger partial charge in [0, 0.05) is 12.1 Å². The van der Waals surface area contributed by atoms with Gasteiger partial charge in [0.05, 0.1) is 11.1 Å². The highest BCUT2D eigenvalue weighted by Crippen LogP contribution is 2.33. The summed E-state index contributed by atoms with van der Waals surface area (Å²) >= 11 is 0. The summed E-state index contributed by atoms with van der Waals surface area (Å²) in [6.07, 6.45) is -8.92. The predicted octanol–water partition coefficient (Wildman–Crippen LogP) is 4.42. The normalized spacial score (nSPS) is 15.2. The molecule has 0 spiro atoms. The Balaban J connectivity index is 2.18. The van der Waals surface area contributed by atoms with Crippen LogP contribution in [-0.2, 0) is 12.4 Å². The number of hydrogen-bond acceptors (Lipinski definition) is 2. The minimum Gasteiger partial charge on any atom is -0.322 e. The van der Waals surface area contributed by atoms with E-state index in [-0.39, 0.29) is 0 Å². The van der Waals surface area contributed by atoms with Crippen molar-refractivity contribution in [2.45, 2.75) is 24.4 Å². The van der Waals surface area contributed by atoms with E-state index in [1.165, 1.54) is 24.3 Å². The van der Waals surface area contributed by atoms with Crippen LogP contribution in [0, 0.1) is 0 Å². The van der Waals surface area contributed by atoms with Crippen LogP contribution in [0.15, 0.2) is 48.5 Å². The third-order valence-corrected chi connectivity index (χ3v) is 3.63. The molecule has 2 unspecified atom stereocenters. The van der Waals surface area contributed by atoms with Gasteiger partial charge in [-0.2, -0.15) is 26.3 Å². The summed E-state index contributed by atoms with van der Waals surface area (Å²) in [5, 5.41) is 0. The molecular formula is C16H14F6N2. The van der Waals surface area contributed by atoms with E-state index in [9.17, 15) is 26.3 Å². The van der Waals surface area contributed by atoms with Gasteiger partial charge in [0.25, 0.3) is 0 Å². The average molecular weight is 348 g/mol. The number of nitrogens with two attached hydrogens (primary N) is 2. The minimum atomic E-state index is -4.46. The number of alkyl halides is 6. The quantitative estimate of drug-likeness (QED) is 0.807. The highest BCUT2D eigenvalue weighted by atomic mass is 19.4. The van der Waals surface area contributed by atoms with Crippen molar-refractivity contribution < 1.29 is 26.3 Å². The molecule has 0 radical (unpaired) electrons. The van der Waals surface area contributed by atoms with E-state index in [1.807, 2.05) is 0 Å². The van der Waals surface area contributed by atoms with Crippen LogP contribution in [0.5, 0.6) is 0 Å². The van der Waals surface area contributed by atoms with Crippen molar-refractivity contribution in [3.05, 3.63) is 70.8 Å². The molecule has 2 atom stereocenters. The van der Waals surface area contributed by atoms with E-state index < -0.39 is 35.6 Å². The molecule has 2 nitrogen and oxygen atoms in total. The molecule has 130 valence electrons. The third kappa shape index (κ3) is 4.07. The fourth-order valence-electron chi connectivity index (χ4n) is 2.20. The van der Waals surface area contributed by atoms with E-state index in [4.69, 9.17) is 11.5 Å². The summed E-state index contributed by atoms with van der Waals surface area (Å²) in [5.74, 6) is 0. The first kappa shape index (κ1) is 18.3. The van der Waals surface area contributed by atoms with Crippen molar-refractivity contribution in [3.63, 3.8) is 0 Å². The molecule has 0 heterocycles. The minimum absolute atomic E-state index is 0.357. The van der Waals surface area contributed by atoms with Crippen molar-refractivity contribution in [1.29, 1.82) is 0 Å². The second-order valence-corrected chi connectivity index (χ2v) is 5.29. The summed E-state index contributed by atoms with van der Waals surface area (Å²) < 4.78 is 75.2. The van der Waals surface area contributed by atoms with E-state index in [1.54, 1.807) is 0 Å². The van der Waals surface area contributed by atoms with Crippen LogP contribution in [0.4, 0.5) is 26.3 Å². The molecule has 0 saturated heterocycles. The van der Waals surface area contributed by atoms with Crippen molar-refractivity contribution in [2.75, 3.05) is 0 Å². The predicted molar refractivity (Wildman–Crippen MR) is 76.7 cm³/mol. The average Bonchev–Trinajstić information content (AvgIpc) is 2.52. The summed E-state index contributed by atoms with van der Waals surface area (Å²) in [5.41, 5.74) is 10.9. The zero-order valence-electron chi connectivity index (χ0n) is 12.2. The SMILES string of the molecule is NC(c1ccc(C(F)(F)F)cc1)C(N)c1ccc(C(F)(F)F)cc1. The second-order valence-electron chi connectivity index (χ2n) is 5.29. The number of hydrogen-bond donors (Lipinski definition) is 2. The van der Waals surface area contributed by atoms with E-state index in [0.717, 1.165) is 24.3 Å². The van der Waals surface area contributed by atoms with Crippen LogP contribution >= 0.6 is 0 Å². The Kier molecular flexibility index (Phi) is 4.91. The fourth-order valence-corrected chi connectivity index (χ4v) is 2.20. The molecule has 24 heavy (non-hydrogen) atoms. The number of benzene rings is 2. The molecule has 2 aromatic carbocycles. The molecule has 4 N–H and O–H groups in total. The summed E-state index contributed by atoms with van der Waals surface area (Å²) in [6, 6.07) is 6.64. The smallest absolute Gasteiger partial charge is 0.322 e. The van der Waals surface area contributed by atoms with Gasteiger partial charge >= 0.3 is 12.4 Å². The van der Waals surface area contributed by atoms with Gasteiger partial charge < -0.3 is 11.5 Å². The van der Waals surface area contributed by atoms with Crippen LogP contribution in [0.2, 0.25) is 0 Å². The lowest BCUT2D eigenvalue weighted by atomic mass is 9.93. The molecule has 0 aromatic heterocycles. The summed E-state index contributed by atoms with van der Waals surface area (Å²) in [7, 11) is 0. The lowest BCUT2D eigenvalue weighted by Gasteiger charge is -2.21. The zero-order valence-corrected chi connectivity index (χ0v) is 12.2. The van der Waals surface area contributed by atoms with Crippen LogP contribution in [0.25, 0.3) is 0 Å². The lowest BCUT2D eigenvalue weighted by molar-refractivity contribution is -0.138. The highest BCUT2D eigenvalue weighted by molar-refractivity contribution is 5.32. The number of rotatable bonds is 3. The van der Waals surface area contributed by atoms with Gasteiger partial charge in [-0.3, -0.25) is 0 Å². The fraction of sp³-hybridized carbons (Fsp3) is 0.250. The van der Waals surface area contributed by atoms with Crippen molar-refractivity contribution in [3.8, 4) is 0 Å². The van der Waals surface area contributed by atoms with Crippen LogP contribution in [0.1, 0.15) is 34.3 Å².